The van der Waals surface area contributed by atoms with Crippen LogP contribution < -0.4 is 16.4 Å². The van der Waals surface area contributed by atoms with Crippen molar-refractivity contribution < 1.29 is 0 Å². The summed E-state index contributed by atoms with van der Waals surface area (Å²) < 4.78 is 0. The third-order valence-electron chi connectivity index (χ3n) is 3.71. The number of thiazole rings is 1. The summed E-state index contributed by atoms with van der Waals surface area (Å²) in [4.78, 5) is 14.1. The number of nitrogen functional groups attached to an aromatic ring is 2. The number of pyridine rings is 1. The van der Waals surface area contributed by atoms with Gasteiger partial charge in [-0.2, -0.15) is 5.26 Å². The zero-order valence-corrected chi connectivity index (χ0v) is 14.5. The summed E-state index contributed by atoms with van der Waals surface area (Å²) in [5.74, 6) is 0.720. The molecule has 1 aliphatic rings. The predicted molar refractivity (Wildman–Crippen MR) is 97.2 cm³/mol. The third kappa shape index (κ3) is 3.09. The van der Waals surface area contributed by atoms with E-state index in [0.29, 0.717) is 27.2 Å². The van der Waals surface area contributed by atoms with Gasteiger partial charge in [-0.05, 0) is 12.8 Å². The lowest BCUT2D eigenvalue weighted by atomic mass is 10.2. The molecule has 0 radical (unpaired) electrons. The molecular formula is C15H15N7S2. The number of aromatic nitrogens is 2. The first-order chi connectivity index (χ1) is 11.6. The van der Waals surface area contributed by atoms with Crippen LogP contribution in [0.15, 0.2) is 10.4 Å². The highest BCUT2D eigenvalue weighted by Crippen LogP contribution is 2.42. The van der Waals surface area contributed by atoms with Crippen LogP contribution in [0.5, 0.6) is 0 Å². The summed E-state index contributed by atoms with van der Waals surface area (Å²) in [6.45, 7) is 9.06. The Morgan fingerprint density at radius 3 is 2.71 bits per heavy atom. The molecule has 0 bridgehead atoms. The quantitative estimate of drug-likeness (QED) is 0.639. The Bertz CT molecular complexity index is 841. The van der Waals surface area contributed by atoms with Crippen LogP contribution in [-0.4, -0.2) is 23.1 Å². The number of nitrogens with two attached hydrogens (primary N) is 2. The van der Waals surface area contributed by atoms with Gasteiger partial charge >= 0.3 is 0 Å². The smallest absolute Gasteiger partial charge is 0.251 e. The number of anilines is 3. The molecule has 24 heavy (non-hydrogen) atoms. The molecule has 122 valence electrons. The Balaban J connectivity index is 1.99. The van der Waals surface area contributed by atoms with Crippen molar-refractivity contribution >= 4 is 45.4 Å². The van der Waals surface area contributed by atoms with E-state index in [2.05, 4.69) is 25.8 Å². The fraction of sp³-hybridized carbons (Fsp3) is 0.333. The van der Waals surface area contributed by atoms with Gasteiger partial charge in [0, 0.05) is 24.2 Å². The Hall–Kier alpha value is -2.49. The molecular weight excluding hydrogens is 342 g/mol. The average molecular weight is 357 g/mol. The molecule has 0 atom stereocenters. The van der Waals surface area contributed by atoms with Gasteiger partial charge in [0.1, 0.15) is 16.9 Å². The van der Waals surface area contributed by atoms with E-state index in [1.165, 1.54) is 23.1 Å². The Morgan fingerprint density at radius 1 is 1.38 bits per heavy atom. The highest BCUT2D eigenvalue weighted by atomic mass is 32.2. The first-order valence-corrected chi connectivity index (χ1v) is 9.19. The van der Waals surface area contributed by atoms with E-state index in [1.807, 2.05) is 5.38 Å². The molecule has 4 N–H and O–H groups in total. The number of nitrogens with zero attached hydrogens (tertiary/aromatic N) is 5. The SMILES string of the molecule is [C-]#[N+]c1c(N)nc(SCc2csc(N)n2)c(C#N)c1N1CCCC1. The lowest BCUT2D eigenvalue weighted by molar-refractivity contribution is 0.949. The highest BCUT2D eigenvalue weighted by molar-refractivity contribution is 7.98. The third-order valence-corrected chi connectivity index (χ3v) is 5.44. The first-order valence-electron chi connectivity index (χ1n) is 7.32. The second-order valence-electron chi connectivity index (χ2n) is 5.26. The van der Waals surface area contributed by atoms with E-state index >= 15 is 0 Å². The molecule has 1 saturated heterocycles. The minimum Gasteiger partial charge on any atom is -0.392 e. The van der Waals surface area contributed by atoms with Crippen molar-refractivity contribution in [2.24, 2.45) is 0 Å². The van der Waals surface area contributed by atoms with Crippen LogP contribution in [0.1, 0.15) is 24.1 Å². The summed E-state index contributed by atoms with van der Waals surface area (Å²) in [6.07, 6.45) is 2.09. The summed E-state index contributed by atoms with van der Waals surface area (Å²) in [5.41, 5.74) is 13.8. The molecule has 7 nitrogen and oxygen atoms in total. The lowest BCUT2D eigenvalue weighted by Gasteiger charge is -2.22. The number of nitriles is 1. The molecule has 0 spiro atoms. The number of thioether (sulfide) groups is 1. The Morgan fingerprint density at radius 2 is 2.12 bits per heavy atom. The standard InChI is InChI=1S/C15H15N7S2/c1-19-11-12(22-4-2-3-5-22)10(6-16)14(21-13(11)17)23-7-9-8-24-15(18)20-9/h8H,2-5,7H2,(H2,17,21)(H2,18,20). The molecule has 0 amide bonds. The maximum atomic E-state index is 9.66. The van der Waals surface area contributed by atoms with Crippen molar-refractivity contribution in [3.8, 4) is 6.07 Å². The molecule has 2 aromatic heterocycles. The van der Waals surface area contributed by atoms with Crippen molar-refractivity contribution in [3.05, 3.63) is 28.1 Å². The van der Waals surface area contributed by atoms with Gasteiger partial charge in [0.2, 0.25) is 0 Å². The second kappa shape index (κ2) is 6.95. The van der Waals surface area contributed by atoms with Gasteiger partial charge in [0.25, 0.3) is 5.69 Å². The predicted octanol–water partition coefficient (Wildman–Crippen LogP) is 3.02. The Kier molecular flexibility index (Phi) is 4.74. The van der Waals surface area contributed by atoms with Crippen LogP contribution in [0.4, 0.5) is 22.3 Å². The number of hydrogen-bond acceptors (Lipinski definition) is 8. The minimum absolute atomic E-state index is 0.172. The molecule has 0 unspecified atom stereocenters. The molecule has 3 heterocycles. The van der Waals surface area contributed by atoms with Crippen LogP contribution in [0, 0.1) is 17.9 Å². The molecule has 0 aliphatic carbocycles. The summed E-state index contributed by atoms with van der Waals surface area (Å²) in [5, 5.41) is 12.6. The van der Waals surface area contributed by atoms with Gasteiger partial charge in [-0.25, -0.2) is 14.8 Å². The topological polar surface area (TPSA) is 109 Å². The van der Waals surface area contributed by atoms with Crippen LogP contribution in [0.3, 0.4) is 0 Å². The molecule has 0 saturated carbocycles. The normalized spacial score (nSPS) is 13.7. The number of hydrogen-bond donors (Lipinski definition) is 2. The van der Waals surface area contributed by atoms with Gasteiger partial charge in [0.05, 0.1) is 23.5 Å². The fourth-order valence-electron chi connectivity index (χ4n) is 2.65. The van der Waals surface area contributed by atoms with Crippen LogP contribution in [0.25, 0.3) is 4.85 Å². The largest absolute Gasteiger partial charge is 0.392 e. The van der Waals surface area contributed by atoms with E-state index in [-0.39, 0.29) is 11.5 Å². The second-order valence-corrected chi connectivity index (χ2v) is 7.11. The monoisotopic (exact) mass is 357 g/mol. The minimum atomic E-state index is 0.172. The zero-order valence-electron chi connectivity index (χ0n) is 12.8. The van der Waals surface area contributed by atoms with Gasteiger partial charge < -0.3 is 16.4 Å². The summed E-state index contributed by atoms with van der Waals surface area (Å²) in [6, 6.07) is 2.22. The summed E-state index contributed by atoms with van der Waals surface area (Å²) in [7, 11) is 0. The van der Waals surface area contributed by atoms with Gasteiger partial charge in [0.15, 0.2) is 5.13 Å². The molecule has 9 heteroatoms. The van der Waals surface area contributed by atoms with Crippen molar-refractivity contribution in [2.45, 2.75) is 23.6 Å². The van der Waals surface area contributed by atoms with Gasteiger partial charge in [-0.3, -0.25) is 0 Å². The van der Waals surface area contributed by atoms with Crippen molar-refractivity contribution in [1.29, 1.82) is 5.26 Å². The van der Waals surface area contributed by atoms with Gasteiger partial charge in [-0.1, -0.05) is 11.8 Å². The molecule has 3 rings (SSSR count). The molecule has 0 aromatic carbocycles. The van der Waals surface area contributed by atoms with Crippen LogP contribution in [0.2, 0.25) is 0 Å². The number of rotatable bonds is 4. The van der Waals surface area contributed by atoms with E-state index in [1.54, 1.807) is 0 Å². The highest BCUT2D eigenvalue weighted by Gasteiger charge is 2.25. The lowest BCUT2D eigenvalue weighted by Crippen LogP contribution is -2.20. The van der Waals surface area contributed by atoms with Crippen LogP contribution in [-0.2, 0) is 5.75 Å². The maximum absolute atomic E-state index is 9.66. The summed E-state index contributed by atoms with van der Waals surface area (Å²) >= 11 is 2.77. The average Bonchev–Trinajstić information content (AvgIpc) is 3.23. The van der Waals surface area contributed by atoms with E-state index in [4.69, 9.17) is 18.0 Å². The van der Waals surface area contributed by atoms with E-state index < -0.39 is 0 Å². The van der Waals surface area contributed by atoms with E-state index in [0.717, 1.165) is 31.6 Å². The van der Waals surface area contributed by atoms with Crippen molar-refractivity contribution in [2.75, 3.05) is 29.5 Å². The molecule has 1 aliphatic heterocycles. The Labute approximate surface area is 148 Å². The van der Waals surface area contributed by atoms with Gasteiger partial charge in [-0.15, -0.1) is 11.3 Å². The molecule has 1 fully saturated rings. The van der Waals surface area contributed by atoms with Crippen molar-refractivity contribution in [3.63, 3.8) is 0 Å². The maximum Gasteiger partial charge on any atom is 0.251 e. The zero-order chi connectivity index (χ0) is 17.1. The fourth-order valence-corrected chi connectivity index (χ4v) is 4.20. The first kappa shape index (κ1) is 16.4. The van der Waals surface area contributed by atoms with E-state index in [9.17, 15) is 5.26 Å². The van der Waals surface area contributed by atoms with Crippen LogP contribution >= 0.6 is 23.1 Å². The van der Waals surface area contributed by atoms with Crippen molar-refractivity contribution in [1.82, 2.24) is 9.97 Å². The molecule has 2 aromatic rings.